The number of nitrogens with one attached hydrogen (secondary N) is 1. The van der Waals surface area contributed by atoms with Crippen LogP contribution in [-0.4, -0.2) is 9.97 Å². The van der Waals surface area contributed by atoms with Crippen molar-refractivity contribution in [3.8, 4) is 5.75 Å². The molecule has 0 unspecified atom stereocenters. The van der Waals surface area contributed by atoms with Gasteiger partial charge in [0.25, 0.3) is 0 Å². The Morgan fingerprint density at radius 1 is 1.35 bits per heavy atom. The lowest BCUT2D eigenvalue weighted by atomic mass is 10.1. The molecular formula is C13H17N3O. The average molecular weight is 231 g/mol. The first-order valence-electron chi connectivity index (χ1n) is 5.62. The Balaban J connectivity index is 2.04. The Kier molecular flexibility index (Phi) is 3.44. The van der Waals surface area contributed by atoms with E-state index >= 15 is 0 Å². The van der Waals surface area contributed by atoms with Crippen LogP contribution >= 0.6 is 0 Å². The molecule has 0 fully saturated rings. The lowest BCUT2D eigenvalue weighted by Crippen LogP contribution is -2.00. The van der Waals surface area contributed by atoms with Gasteiger partial charge in [-0.25, -0.2) is 4.98 Å². The van der Waals surface area contributed by atoms with Gasteiger partial charge in [-0.2, -0.15) is 0 Å². The van der Waals surface area contributed by atoms with Crippen LogP contribution in [0.4, 0.5) is 0 Å². The van der Waals surface area contributed by atoms with Crippen molar-refractivity contribution in [2.24, 2.45) is 5.73 Å². The monoisotopic (exact) mass is 231 g/mol. The molecule has 0 atom stereocenters. The molecule has 17 heavy (non-hydrogen) atoms. The van der Waals surface area contributed by atoms with E-state index in [0.717, 1.165) is 22.8 Å². The molecule has 0 bridgehead atoms. The van der Waals surface area contributed by atoms with Gasteiger partial charge in [-0.05, 0) is 31.0 Å². The minimum atomic E-state index is 0.435. The summed E-state index contributed by atoms with van der Waals surface area (Å²) in [4.78, 5) is 7.30. The predicted octanol–water partition coefficient (Wildman–Crippen LogP) is 2.06. The fourth-order valence-corrected chi connectivity index (χ4v) is 1.59. The molecule has 0 radical (unpaired) electrons. The van der Waals surface area contributed by atoms with E-state index < -0.39 is 0 Å². The van der Waals surface area contributed by atoms with Crippen LogP contribution in [-0.2, 0) is 13.2 Å². The third-order valence-electron chi connectivity index (χ3n) is 2.61. The number of aryl methyl sites for hydroxylation is 2. The quantitative estimate of drug-likeness (QED) is 0.846. The van der Waals surface area contributed by atoms with Crippen LogP contribution in [0, 0.1) is 13.8 Å². The highest BCUT2D eigenvalue weighted by Crippen LogP contribution is 2.19. The summed E-state index contributed by atoms with van der Waals surface area (Å²) in [5, 5.41) is 0. The van der Waals surface area contributed by atoms with Gasteiger partial charge in [0.05, 0.1) is 0 Å². The molecule has 4 heteroatoms. The molecule has 2 rings (SSSR count). The second-order valence-electron chi connectivity index (χ2n) is 4.12. The smallest absolute Gasteiger partial charge is 0.146 e. The number of nitrogens with two attached hydrogens (primary N) is 1. The van der Waals surface area contributed by atoms with Gasteiger partial charge in [-0.1, -0.05) is 12.1 Å². The Morgan fingerprint density at radius 3 is 2.88 bits per heavy atom. The van der Waals surface area contributed by atoms with E-state index in [9.17, 15) is 0 Å². The Labute approximate surface area is 101 Å². The molecule has 2 aromatic rings. The SMILES string of the molecule is Cc1ccc(C)c(OCc2ncc(CN)[nH]2)c1. The number of hydrogen-bond donors (Lipinski definition) is 2. The first-order chi connectivity index (χ1) is 8.19. The average Bonchev–Trinajstić information content (AvgIpc) is 2.78. The minimum absolute atomic E-state index is 0.435. The number of ether oxygens (including phenoxy) is 1. The van der Waals surface area contributed by atoms with Gasteiger partial charge in [-0.15, -0.1) is 0 Å². The zero-order valence-electron chi connectivity index (χ0n) is 10.2. The molecule has 0 aliphatic rings. The molecule has 0 saturated heterocycles. The number of aromatic amines is 1. The van der Waals surface area contributed by atoms with Gasteiger partial charge < -0.3 is 15.5 Å². The summed E-state index contributed by atoms with van der Waals surface area (Å²) in [5.41, 5.74) is 8.74. The van der Waals surface area contributed by atoms with E-state index in [0.29, 0.717) is 13.2 Å². The molecule has 1 aromatic carbocycles. The van der Waals surface area contributed by atoms with E-state index in [1.807, 2.05) is 19.9 Å². The molecule has 1 aromatic heterocycles. The topological polar surface area (TPSA) is 63.9 Å². The first-order valence-corrected chi connectivity index (χ1v) is 5.62. The molecule has 1 heterocycles. The van der Waals surface area contributed by atoms with E-state index in [1.54, 1.807) is 6.20 Å². The second-order valence-corrected chi connectivity index (χ2v) is 4.12. The molecular weight excluding hydrogens is 214 g/mol. The Bertz CT molecular complexity index is 505. The number of nitrogens with zero attached hydrogens (tertiary/aromatic N) is 1. The van der Waals surface area contributed by atoms with Crippen LogP contribution in [0.15, 0.2) is 24.4 Å². The van der Waals surface area contributed by atoms with Crippen molar-refractivity contribution in [3.05, 3.63) is 47.0 Å². The molecule has 90 valence electrons. The van der Waals surface area contributed by atoms with Crippen molar-refractivity contribution in [3.63, 3.8) is 0 Å². The molecule has 0 spiro atoms. The summed E-state index contributed by atoms with van der Waals surface area (Å²) in [6.45, 7) is 4.98. The molecule has 3 N–H and O–H groups in total. The molecule has 0 aliphatic carbocycles. The zero-order chi connectivity index (χ0) is 12.3. The van der Waals surface area contributed by atoms with E-state index in [-0.39, 0.29) is 0 Å². The van der Waals surface area contributed by atoms with Gasteiger partial charge in [-0.3, -0.25) is 0 Å². The predicted molar refractivity (Wildman–Crippen MR) is 66.7 cm³/mol. The number of rotatable bonds is 4. The highest BCUT2D eigenvalue weighted by atomic mass is 16.5. The van der Waals surface area contributed by atoms with E-state index in [2.05, 4.69) is 22.1 Å². The van der Waals surface area contributed by atoms with Crippen LogP contribution < -0.4 is 10.5 Å². The van der Waals surface area contributed by atoms with Gasteiger partial charge in [0.15, 0.2) is 0 Å². The van der Waals surface area contributed by atoms with Crippen molar-refractivity contribution in [1.29, 1.82) is 0 Å². The summed E-state index contributed by atoms with van der Waals surface area (Å²) >= 11 is 0. The van der Waals surface area contributed by atoms with Gasteiger partial charge in [0.1, 0.15) is 18.2 Å². The molecule has 0 aliphatic heterocycles. The van der Waals surface area contributed by atoms with Crippen molar-refractivity contribution < 1.29 is 4.74 Å². The Hall–Kier alpha value is -1.81. The number of aromatic nitrogens is 2. The third-order valence-corrected chi connectivity index (χ3v) is 2.61. The largest absolute Gasteiger partial charge is 0.485 e. The first kappa shape index (κ1) is 11.7. The lowest BCUT2D eigenvalue weighted by molar-refractivity contribution is 0.294. The highest BCUT2D eigenvalue weighted by Gasteiger charge is 2.03. The number of imidazole rings is 1. The lowest BCUT2D eigenvalue weighted by Gasteiger charge is -2.08. The maximum absolute atomic E-state index is 5.73. The molecule has 0 saturated carbocycles. The van der Waals surface area contributed by atoms with E-state index in [4.69, 9.17) is 10.5 Å². The van der Waals surface area contributed by atoms with Crippen molar-refractivity contribution in [2.75, 3.05) is 0 Å². The second kappa shape index (κ2) is 5.01. The van der Waals surface area contributed by atoms with Crippen molar-refractivity contribution in [1.82, 2.24) is 9.97 Å². The summed E-state index contributed by atoms with van der Waals surface area (Å²) in [5.74, 6) is 1.70. The summed E-state index contributed by atoms with van der Waals surface area (Å²) in [6.07, 6.45) is 1.74. The maximum atomic E-state index is 5.73. The van der Waals surface area contributed by atoms with Crippen molar-refractivity contribution in [2.45, 2.75) is 27.0 Å². The van der Waals surface area contributed by atoms with Crippen molar-refractivity contribution >= 4 is 0 Å². The third kappa shape index (κ3) is 2.85. The summed E-state index contributed by atoms with van der Waals surface area (Å²) in [6, 6.07) is 6.15. The Morgan fingerprint density at radius 2 is 2.18 bits per heavy atom. The maximum Gasteiger partial charge on any atom is 0.146 e. The normalized spacial score (nSPS) is 10.5. The summed E-state index contributed by atoms with van der Waals surface area (Å²) < 4.78 is 5.73. The highest BCUT2D eigenvalue weighted by molar-refractivity contribution is 5.35. The number of hydrogen-bond acceptors (Lipinski definition) is 3. The fourth-order valence-electron chi connectivity index (χ4n) is 1.59. The van der Waals surface area contributed by atoms with Crippen LogP contribution in [0.1, 0.15) is 22.6 Å². The number of H-pyrrole nitrogens is 1. The van der Waals surface area contributed by atoms with E-state index in [1.165, 1.54) is 5.56 Å². The standard InChI is InChI=1S/C13H17N3O/c1-9-3-4-10(2)12(5-9)17-8-13-15-7-11(6-14)16-13/h3-5,7H,6,8,14H2,1-2H3,(H,15,16). The van der Waals surface area contributed by atoms with Gasteiger partial charge >= 0.3 is 0 Å². The molecule has 0 amide bonds. The van der Waals surface area contributed by atoms with Crippen LogP contribution in [0.25, 0.3) is 0 Å². The number of benzene rings is 1. The van der Waals surface area contributed by atoms with Gasteiger partial charge in [0, 0.05) is 18.4 Å². The van der Waals surface area contributed by atoms with Crippen LogP contribution in [0.2, 0.25) is 0 Å². The summed E-state index contributed by atoms with van der Waals surface area (Å²) in [7, 11) is 0. The fraction of sp³-hybridized carbons (Fsp3) is 0.308. The van der Waals surface area contributed by atoms with Crippen LogP contribution in [0.5, 0.6) is 5.75 Å². The molecule has 4 nitrogen and oxygen atoms in total. The van der Waals surface area contributed by atoms with Gasteiger partial charge in [0.2, 0.25) is 0 Å². The minimum Gasteiger partial charge on any atom is -0.485 e. The van der Waals surface area contributed by atoms with Crippen LogP contribution in [0.3, 0.4) is 0 Å². The zero-order valence-corrected chi connectivity index (χ0v) is 10.2.